The Morgan fingerprint density at radius 2 is 1.95 bits per heavy atom. The third-order valence-electron chi connectivity index (χ3n) is 3.53. The first-order valence-corrected chi connectivity index (χ1v) is 7.28. The molecule has 0 aromatic heterocycles. The number of ether oxygens (including phenoxy) is 1. The largest absolute Gasteiger partial charge is 0.491 e. The van der Waals surface area contributed by atoms with E-state index in [1.165, 1.54) is 12.1 Å². The van der Waals surface area contributed by atoms with Gasteiger partial charge in [-0.25, -0.2) is 0 Å². The summed E-state index contributed by atoms with van der Waals surface area (Å²) in [7, 11) is 0. The first-order chi connectivity index (χ1) is 9.79. The summed E-state index contributed by atoms with van der Waals surface area (Å²) in [5.74, 6) is 0.484. The van der Waals surface area contributed by atoms with Gasteiger partial charge in [0, 0.05) is 29.9 Å². The van der Waals surface area contributed by atoms with Crippen molar-refractivity contribution in [3.8, 4) is 5.75 Å². The molecule has 0 radical (unpaired) electrons. The first-order valence-electron chi connectivity index (χ1n) is 7.28. The third-order valence-corrected chi connectivity index (χ3v) is 3.53. The van der Waals surface area contributed by atoms with Crippen LogP contribution in [0.1, 0.15) is 40.5 Å². The summed E-state index contributed by atoms with van der Waals surface area (Å²) in [6, 6.07) is 4.69. The predicted molar refractivity (Wildman–Crippen MR) is 84.9 cm³/mol. The van der Waals surface area contributed by atoms with Crippen molar-refractivity contribution in [1.82, 2.24) is 0 Å². The molecular formula is C15H25N3O3. The number of hydrogen-bond donors (Lipinski definition) is 2. The first kappa shape index (κ1) is 17.2. The molecule has 0 saturated carbocycles. The number of nitrogens with zero attached hydrogens (tertiary/aromatic N) is 1. The lowest BCUT2D eigenvalue weighted by atomic mass is 9.94. The van der Waals surface area contributed by atoms with Crippen molar-refractivity contribution in [1.29, 1.82) is 0 Å². The van der Waals surface area contributed by atoms with Crippen LogP contribution < -0.4 is 15.8 Å². The molecule has 0 heterocycles. The van der Waals surface area contributed by atoms with Crippen molar-refractivity contribution in [2.45, 2.75) is 52.2 Å². The van der Waals surface area contributed by atoms with Crippen LogP contribution in [0.15, 0.2) is 18.2 Å². The molecule has 0 saturated heterocycles. The molecule has 0 unspecified atom stereocenters. The molecule has 118 valence electrons. The molecule has 1 aromatic rings. The minimum absolute atomic E-state index is 0.00580. The van der Waals surface area contributed by atoms with Gasteiger partial charge in [-0.1, -0.05) is 13.8 Å². The highest BCUT2D eigenvalue weighted by molar-refractivity contribution is 5.56. The van der Waals surface area contributed by atoms with Gasteiger partial charge >= 0.3 is 0 Å². The van der Waals surface area contributed by atoms with Gasteiger partial charge in [0.2, 0.25) is 0 Å². The lowest BCUT2D eigenvalue weighted by Gasteiger charge is -2.27. The monoisotopic (exact) mass is 295 g/mol. The summed E-state index contributed by atoms with van der Waals surface area (Å²) in [5, 5.41) is 14.2. The Morgan fingerprint density at radius 3 is 2.43 bits per heavy atom. The van der Waals surface area contributed by atoms with E-state index in [1.807, 2.05) is 27.7 Å². The van der Waals surface area contributed by atoms with Crippen molar-refractivity contribution >= 4 is 11.4 Å². The fourth-order valence-corrected chi connectivity index (χ4v) is 1.91. The van der Waals surface area contributed by atoms with Gasteiger partial charge in [-0.3, -0.25) is 10.1 Å². The van der Waals surface area contributed by atoms with Gasteiger partial charge in [-0.2, -0.15) is 0 Å². The molecule has 0 amide bonds. The van der Waals surface area contributed by atoms with Gasteiger partial charge in [0.1, 0.15) is 5.75 Å². The van der Waals surface area contributed by atoms with Crippen LogP contribution in [-0.4, -0.2) is 23.1 Å². The molecular weight excluding hydrogens is 270 g/mol. The summed E-state index contributed by atoms with van der Waals surface area (Å²) in [6.07, 6.45) is 1.63. The van der Waals surface area contributed by atoms with E-state index in [4.69, 9.17) is 10.5 Å². The molecule has 6 nitrogen and oxygen atoms in total. The zero-order valence-corrected chi connectivity index (χ0v) is 13.2. The van der Waals surface area contributed by atoms with Crippen LogP contribution in [0.25, 0.3) is 0 Å². The predicted octanol–water partition coefficient (Wildman–Crippen LogP) is 3.31. The average molecular weight is 295 g/mol. The van der Waals surface area contributed by atoms with E-state index >= 15 is 0 Å². The number of nitro benzene ring substituents is 1. The van der Waals surface area contributed by atoms with Gasteiger partial charge in [-0.05, 0) is 26.7 Å². The second-order valence-corrected chi connectivity index (χ2v) is 5.56. The molecule has 0 aliphatic carbocycles. The Balaban J connectivity index is 2.95. The Labute approximate surface area is 125 Å². The fourth-order valence-electron chi connectivity index (χ4n) is 1.91. The van der Waals surface area contributed by atoms with E-state index < -0.39 is 4.92 Å². The van der Waals surface area contributed by atoms with Crippen molar-refractivity contribution < 1.29 is 9.66 Å². The average Bonchev–Trinajstić information content (AvgIpc) is 2.43. The lowest BCUT2D eigenvalue weighted by molar-refractivity contribution is -0.384. The van der Waals surface area contributed by atoms with Gasteiger partial charge in [0.25, 0.3) is 5.69 Å². The van der Waals surface area contributed by atoms with Crippen LogP contribution >= 0.6 is 0 Å². The zero-order valence-electron chi connectivity index (χ0n) is 13.2. The molecule has 21 heavy (non-hydrogen) atoms. The van der Waals surface area contributed by atoms with E-state index in [2.05, 4.69) is 5.32 Å². The van der Waals surface area contributed by atoms with E-state index in [1.54, 1.807) is 6.07 Å². The van der Waals surface area contributed by atoms with Crippen LogP contribution in [0, 0.1) is 10.1 Å². The normalized spacial score (nSPS) is 11.5. The van der Waals surface area contributed by atoms with Crippen LogP contribution in [0.5, 0.6) is 5.75 Å². The quantitative estimate of drug-likeness (QED) is 0.567. The minimum atomic E-state index is -0.423. The Kier molecular flexibility index (Phi) is 5.96. The highest BCUT2D eigenvalue weighted by atomic mass is 16.6. The minimum Gasteiger partial charge on any atom is -0.491 e. The molecule has 0 spiro atoms. The molecule has 0 aliphatic heterocycles. The SMILES string of the molecule is CCC(N)(CC)CNc1cc(OC(C)C)cc([N+](=O)[O-])c1. The van der Waals surface area contributed by atoms with E-state index in [9.17, 15) is 10.1 Å². The molecule has 0 bridgehead atoms. The fraction of sp³-hybridized carbons (Fsp3) is 0.600. The van der Waals surface area contributed by atoms with E-state index in [-0.39, 0.29) is 17.3 Å². The van der Waals surface area contributed by atoms with Crippen molar-refractivity contribution in [2.75, 3.05) is 11.9 Å². The number of rotatable bonds is 8. The molecule has 0 atom stereocenters. The van der Waals surface area contributed by atoms with Crippen LogP contribution in [-0.2, 0) is 0 Å². The van der Waals surface area contributed by atoms with E-state index in [0.29, 0.717) is 18.0 Å². The van der Waals surface area contributed by atoms with Gasteiger partial charge < -0.3 is 15.8 Å². The number of anilines is 1. The van der Waals surface area contributed by atoms with Crippen LogP contribution in [0.2, 0.25) is 0 Å². The third kappa shape index (κ3) is 5.23. The Hall–Kier alpha value is -1.82. The number of non-ortho nitro benzene ring substituents is 1. The second kappa shape index (κ2) is 7.26. The number of benzene rings is 1. The van der Waals surface area contributed by atoms with Crippen molar-refractivity contribution in [2.24, 2.45) is 5.73 Å². The summed E-state index contributed by atoms with van der Waals surface area (Å²) in [5.41, 5.74) is 6.57. The maximum atomic E-state index is 11.0. The summed E-state index contributed by atoms with van der Waals surface area (Å²) >= 11 is 0. The highest BCUT2D eigenvalue weighted by Crippen LogP contribution is 2.27. The van der Waals surface area contributed by atoms with Crippen molar-refractivity contribution in [3.05, 3.63) is 28.3 Å². The van der Waals surface area contributed by atoms with Gasteiger partial charge in [0.05, 0.1) is 17.1 Å². The molecule has 1 aromatic carbocycles. The van der Waals surface area contributed by atoms with Crippen LogP contribution in [0.4, 0.5) is 11.4 Å². The van der Waals surface area contributed by atoms with Crippen molar-refractivity contribution in [3.63, 3.8) is 0 Å². The number of nitrogens with two attached hydrogens (primary N) is 1. The topological polar surface area (TPSA) is 90.4 Å². The van der Waals surface area contributed by atoms with E-state index in [0.717, 1.165) is 12.8 Å². The summed E-state index contributed by atoms with van der Waals surface area (Å²) in [4.78, 5) is 10.6. The Bertz CT molecular complexity index is 485. The zero-order chi connectivity index (χ0) is 16.0. The second-order valence-electron chi connectivity index (χ2n) is 5.56. The maximum absolute atomic E-state index is 11.0. The number of hydrogen-bond acceptors (Lipinski definition) is 5. The number of nitro groups is 1. The maximum Gasteiger partial charge on any atom is 0.275 e. The number of nitrogens with one attached hydrogen (secondary N) is 1. The summed E-state index contributed by atoms with van der Waals surface area (Å²) in [6.45, 7) is 8.39. The molecule has 3 N–H and O–H groups in total. The highest BCUT2D eigenvalue weighted by Gasteiger charge is 2.20. The lowest BCUT2D eigenvalue weighted by Crippen LogP contribution is -2.45. The molecule has 6 heteroatoms. The molecule has 1 rings (SSSR count). The standard InChI is InChI=1S/C15H25N3O3/c1-5-15(16,6-2)10-17-12-7-13(18(19)20)9-14(8-12)21-11(3)4/h7-9,11,17H,5-6,10,16H2,1-4H3. The Morgan fingerprint density at radius 1 is 1.33 bits per heavy atom. The van der Waals surface area contributed by atoms with Crippen LogP contribution in [0.3, 0.4) is 0 Å². The van der Waals surface area contributed by atoms with Gasteiger partial charge in [-0.15, -0.1) is 0 Å². The molecule has 0 aliphatic rings. The molecule has 0 fully saturated rings. The smallest absolute Gasteiger partial charge is 0.275 e. The summed E-state index contributed by atoms with van der Waals surface area (Å²) < 4.78 is 5.55. The van der Waals surface area contributed by atoms with Gasteiger partial charge in [0.15, 0.2) is 0 Å².